The number of amides is 2. The van der Waals surface area contributed by atoms with E-state index in [0.717, 1.165) is 73.6 Å². The first kappa shape index (κ1) is 40.9. The van der Waals surface area contributed by atoms with Crippen LogP contribution in [0.4, 0.5) is 10.2 Å². The summed E-state index contributed by atoms with van der Waals surface area (Å²) in [6.45, 7) is 18.9. The molecule has 11 heteroatoms. The zero-order valence-corrected chi connectivity index (χ0v) is 29.8. The van der Waals surface area contributed by atoms with Crippen molar-refractivity contribution in [2.45, 2.75) is 47.2 Å². The summed E-state index contributed by atoms with van der Waals surface area (Å²) < 4.78 is 18.4. The van der Waals surface area contributed by atoms with Crippen LogP contribution < -0.4 is 21.7 Å². The fourth-order valence-corrected chi connectivity index (χ4v) is 4.74. The molecule has 1 aliphatic heterocycles. The zero-order chi connectivity index (χ0) is 36.9. The number of aryl methyl sites for hydroxylation is 1. The molecule has 2 amide bonds. The Hall–Kier alpha value is -5.31. The molecule has 1 aromatic heterocycles. The molecule has 1 aliphatic rings. The van der Waals surface area contributed by atoms with Crippen molar-refractivity contribution in [1.29, 1.82) is 5.26 Å². The van der Waals surface area contributed by atoms with Crippen molar-refractivity contribution in [3.05, 3.63) is 119 Å². The van der Waals surface area contributed by atoms with Gasteiger partial charge in [0, 0.05) is 50.2 Å². The summed E-state index contributed by atoms with van der Waals surface area (Å²) in [5.74, 6) is -0.189. The smallest absolute Gasteiger partial charge is 0.253 e. The van der Waals surface area contributed by atoms with E-state index in [1.165, 1.54) is 24.3 Å². The van der Waals surface area contributed by atoms with Crippen molar-refractivity contribution >= 4 is 18.1 Å². The Morgan fingerprint density at radius 2 is 1.80 bits per heavy atom. The molecule has 10 nitrogen and oxygen atoms in total. The van der Waals surface area contributed by atoms with E-state index in [1.54, 1.807) is 25.3 Å². The van der Waals surface area contributed by atoms with Gasteiger partial charge in [-0.05, 0) is 67.3 Å². The number of rotatable bonds is 13. The van der Waals surface area contributed by atoms with E-state index in [1.807, 2.05) is 64.1 Å². The monoisotopic (exact) mass is 683 g/mol. The van der Waals surface area contributed by atoms with Crippen LogP contribution in [0.2, 0.25) is 0 Å². The van der Waals surface area contributed by atoms with Crippen LogP contribution in [0.5, 0.6) is 0 Å². The van der Waals surface area contributed by atoms with Gasteiger partial charge in [-0.2, -0.15) is 5.26 Å². The molecule has 0 radical (unpaired) electrons. The number of carbonyl (C=O) groups is 2. The van der Waals surface area contributed by atoms with Gasteiger partial charge in [-0.3, -0.25) is 14.5 Å². The van der Waals surface area contributed by atoms with E-state index in [2.05, 4.69) is 32.4 Å². The molecular weight excluding hydrogens is 633 g/mol. The predicted molar refractivity (Wildman–Crippen MR) is 198 cm³/mol. The molecule has 50 heavy (non-hydrogen) atoms. The molecule has 0 bridgehead atoms. The first-order valence-corrected chi connectivity index (χ1v) is 16.7. The van der Waals surface area contributed by atoms with Gasteiger partial charge in [-0.1, -0.05) is 62.9 Å². The number of nitrogens with zero attached hydrogens (tertiary/aromatic N) is 3. The molecule has 0 spiro atoms. The van der Waals surface area contributed by atoms with Crippen molar-refractivity contribution in [1.82, 2.24) is 25.8 Å². The molecule has 0 aliphatic carbocycles. The maximum absolute atomic E-state index is 13.3. The topological polar surface area (TPSA) is 145 Å². The lowest BCUT2D eigenvalue weighted by Gasteiger charge is -2.26. The van der Waals surface area contributed by atoms with E-state index in [-0.39, 0.29) is 23.3 Å². The highest BCUT2D eigenvalue weighted by molar-refractivity contribution is 5.97. The van der Waals surface area contributed by atoms with Crippen LogP contribution in [-0.2, 0) is 20.9 Å². The standard InChI is InChI=1S/C30H30FN5O.C7H14N2O2.C2H6/c1-5-22(16-32)15-28(30(37)36-20(3)24-10-12-27(31)13-11-24)21(4)34-17-23-6-8-25(9-7-23)26-14-19(2)29(33)35-18-26;10-7-8-1-2-9-3-5-11-6-4-9;1-2/h5-15,18,20,34H,1,17H2,2-4H3,(H2,33,35)(H,36,37);7H,1-6H2,(H,8,10);1-2H3/b22-15+,28-21-;;. The molecular formula is C39H50FN7O3. The van der Waals surface area contributed by atoms with E-state index >= 15 is 0 Å². The highest BCUT2D eigenvalue weighted by Gasteiger charge is 2.16. The number of morpholine rings is 1. The average Bonchev–Trinajstić information content (AvgIpc) is 3.14. The molecule has 4 rings (SSSR count). The Labute approximate surface area is 295 Å². The van der Waals surface area contributed by atoms with Crippen molar-refractivity contribution in [2.24, 2.45) is 0 Å². The highest BCUT2D eigenvalue weighted by Crippen LogP contribution is 2.22. The van der Waals surface area contributed by atoms with Crippen molar-refractivity contribution in [3.63, 3.8) is 0 Å². The van der Waals surface area contributed by atoms with Crippen LogP contribution >= 0.6 is 0 Å². The number of nitrogens with one attached hydrogen (secondary N) is 3. The fraction of sp³-hybridized carbons (Fsp3) is 0.333. The second-order valence-corrected chi connectivity index (χ2v) is 11.2. The zero-order valence-electron chi connectivity index (χ0n) is 29.8. The summed E-state index contributed by atoms with van der Waals surface area (Å²) in [4.78, 5) is 29.6. The normalized spacial score (nSPS) is 13.8. The Morgan fingerprint density at radius 1 is 1.14 bits per heavy atom. The number of ether oxygens (including phenoxy) is 1. The summed E-state index contributed by atoms with van der Waals surface area (Å²) in [7, 11) is 0. The maximum Gasteiger partial charge on any atom is 0.253 e. The van der Waals surface area contributed by atoms with Gasteiger partial charge in [-0.15, -0.1) is 0 Å². The summed E-state index contributed by atoms with van der Waals surface area (Å²) in [6, 6.07) is 17.6. The van der Waals surface area contributed by atoms with Crippen LogP contribution in [0.15, 0.2) is 96.4 Å². The SMILES string of the molecule is C=C/C(C#N)=C\C(C(=O)NC(C)c1ccc(F)cc1)=C(/C)NCc1ccc(-c2cnc(N)c(C)c2)cc1.CC.O=CNCCN1CCOCC1. The Morgan fingerprint density at radius 3 is 2.38 bits per heavy atom. The van der Waals surface area contributed by atoms with Crippen molar-refractivity contribution < 1.29 is 18.7 Å². The van der Waals surface area contributed by atoms with E-state index in [9.17, 15) is 19.2 Å². The number of pyridine rings is 1. The minimum atomic E-state index is -0.363. The Bertz CT molecular complexity index is 1620. The van der Waals surface area contributed by atoms with Crippen molar-refractivity contribution in [2.75, 3.05) is 45.1 Å². The van der Waals surface area contributed by atoms with Gasteiger partial charge >= 0.3 is 0 Å². The summed E-state index contributed by atoms with van der Waals surface area (Å²) >= 11 is 0. The summed E-state index contributed by atoms with van der Waals surface area (Å²) in [5, 5.41) is 18.2. The van der Waals surface area contributed by atoms with Gasteiger partial charge in [0.05, 0.1) is 36.5 Å². The lowest BCUT2D eigenvalue weighted by atomic mass is 10.0. The van der Waals surface area contributed by atoms with Crippen LogP contribution in [0.3, 0.4) is 0 Å². The fourth-order valence-electron chi connectivity index (χ4n) is 4.74. The van der Waals surface area contributed by atoms with Crippen molar-refractivity contribution in [3.8, 4) is 17.2 Å². The molecule has 1 unspecified atom stereocenters. The average molecular weight is 684 g/mol. The number of nitrogen functional groups attached to an aromatic ring is 1. The maximum atomic E-state index is 13.3. The molecule has 2 aromatic carbocycles. The first-order valence-electron chi connectivity index (χ1n) is 16.7. The number of hydrogen-bond acceptors (Lipinski definition) is 8. The second-order valence-electron chi connectivity index (χ2n) is 11.2. The number of halogens is 1. The van der Waals surface area contributed by atoms with Crippen LogP contribution in [0.25, 0.3) is 11.1 Å². The number of benzene rings is 2. The highest BCUT2D eigenvalue weighted by atomic mass is 19.1. The van der Waals surface area contributed by atoms with Gasteiger partial charge in [0.2, 0.25) is 6.41 Å². The largest absolute Gasteiger partial charge is 0.384 e. The number of nitriles is 1. The third-order valence-electron chi connectivity index (χ3n) is 7.74. The summed E-state index contributed by atoms with van der Waals surface area (Å²) in [5.41, 5.74) is 11.7. The molecule has 3 aromatic rings. The molecule has 5 N–H and O–H groups in total. The number of anilines is 1. The Kier molecular flexibility index (Phi) is 18.3. The molecule has 266 valence electrons. The lowest BCUT2D eigenvalue weighted by Crippen LogP contribution is -2.40. The molecule has 2 heterocycles. The van der Waals surface area contributed by atoms with Gasteiger partial charge in [0.15, 0.2) is 0 Å². The quantitative estimate of drug-likeness (QED) is 0.0587. The predicted octanol–water partition coefficient (Wildman–Crippen LogP) is 5.75. The number of allylic oxidation sites excluding steroid dienone is 3. The van der Waals surface area contributed by atoms with Crippen LogP contribution in [0, 0.1) is 24.1 Å². The molecule has 1 fully saturated rings. The molecule has 1 saturated heterocycles. The Balaban J connectivity index is 0.000000561. The number of hydrogen-bond donors (Lipinski definition) is 4. The number of carbonyl (C=O) groups excluding carboxylic acids is 2. The number of aromatic nitrogens is 1. The van der Waals surface area contributed by atoms with Gasteiger partial charge < -0.3 is 26.4 Å². The van der Waals surface area contributed by atoms with Gasteiger partial charge in [-0.25, -0.2) is 9.37 Å². The van der Waals surface area contributed by atoms with Gasteiger partial charge in [0.25, 0.3) is 5.91 Å². The second kappa shape index (κ2) is 22.3. The minimum absolute atomic E-state index is 0.262. The van der Waals surface area contributed by atoms with E-state index < -0.39 is 0 Å². The summed E-state index contributed by atoms with van der Waals surface area (Å²) in [6.07, 6.45) is 5.39. The molecule has 0 saturated carbocycles. The van der Waals surface area contributed by atoms with Gasteiger partial charge in [0.1, 0.15) is 11.6 Å². The van der Waals surface area contributed by atoms with E-state index in [4.69, 9.17) is 10.5 Å². The lowest BCUT2D eigenvalue weighted by molar-refractivity contribution is -0.118. The minimum Gasteiger partial charge on any atom is -0.384 e. The third kappa shape index (κ3) is 13.7. The number of nitrogens with two attached hydrogens (primary N) is 1. The van der Waals surface area contributed by atoms with E-state index in [0.29, 0.717) is 23.6 Å². The van der Waals surface area contributed by atoms with Crippen LogP contribution in [0.1, 0.15) is 50.4 Å². The molecule has 1 atom stereocenters. The third-order valence-corrected chi connectivity index (χ3v) is 7.74. The van der Waals surface area contributed by atoms with Crippen LogP contribution in [-0.4, -0.2) is 61.6 Å². The first-order chi connectivity index (χ1) is 24.1.